The van der Waals surface area contributed by atoms with Crippen LogP contribution in [0.5, 0.6) is 11.5 Å². The van der Waals surface area contributed by atoms with Gasteiger partial charge in [0.2, 0.25) is 0 Å². The Morgan fingerprint density at radius 2 is 2.26 bits per heavy atom. The maximum atomic E-state index is 9.86. The van der Waals surface area contributed by atoms with Crippen molar-refractivity contribution < 1.29 is 9.84 Å². The molecule has 0 spiro atoms. The average Bonchev–Trinajstić information content (AvgIpc) is 2.46. The number of rotatable bonds is 5. The quantitative estimate of drug-likeness (QED) is 0.870. The Balaban J connectivity index is 1.91. The molecule has 1 aromatic rings. The molecule has 0 aliphatic heterocycles. The standard InChI is InChI=1S/C15H23NO2S/c1-18-13-6-7-15(17)11(8-13)10-16-12-4-3-5-14(9-12)19-2/h6-8,12,14,16-17H,3-5,9-10H2,1-2H3. The summed E-state index contributed by atoms with van der Waals surface area (Å²) in [5.74, 6) is 1.13. The van der Waals surface area contributed by atoms with Crippen LogP contribution in [0.4, 0.5) is 0 Å². The molecular weight excluding hydrogens is 258 g/mol. The van der Waals surface area contributed by atoms with Crippen molar-refractivity contribution in [3.05, 3.63) is 23.8 Å². The van der Waals surface area contributed by atoms with Gasteiger partial charge in [-0.25, -0.2) is 0 Å². The van der Waals surface area contributed by atoms with Gasteiger partial charge in [0, 0.05) is 23.4 Å². The van der Waals surface area contributed by atoms with Crippen LogP contribution in [0.25, 0.3) is 0 Å². The summed E-state index contributed by atoms with van der Waals surface area (Å²) in [5.41, 5.74) is 0.908. The highest BCUT2D eigenvalue weighted by molar-refractivity contribution is 7.99. The van der Waals surface area contributed by atoms with E-state index in [1.165, 1.54) is 25.7 Å². The number of nitrogens with one attached hydrogen (secondary N) is 1. The van der Waals surface area contributed by atoms with E-state index >= 15 is 0 Å². The molecule has 2 rings (SSSR count). The first-order chi connectivity index (χ1) is 9.22. The van der Waals surface area contributed by atoms with Crippen LogP contribution in [0.1, 0.15) is 31.2 Å². The summed E-state index contributed by atoms with van der Waals surface area (Å²) < 4.78 is 5.19. The highest BCUT2D eigenvalue weighted by Crippen LogP contribution is 2.28. The number of hydrogen-bond acceptors (Lipinski definition) is 4. The Hall–Kier alpha value is -0.870. The maximum Gasteiger partial charge on any atom is 0.120 e. The third-order valence-corrected chi connectivity index (χ3v) is 4.92. The lowest BCUT2D eigenvalue weighted by Gasteiger charge is -2.29. The molecule has 0 bridgehead atoms. The molecule has 106 valence electrons. The van der Waals surface area contributed by atoms with Crippen molar-refractivity contribution in [1.82, 2.24) is 5.32 Å². The largest absolute Gasteiger partial charge is 0.508 e. The molecule has 0 radical (unpaired) electrons. The fraction of sp³-hybridized carbons (Fsp3) is 0.600. The lowest BCUT2D eigenvalue weighted by Crippen LogP contribution is -2.34. The van der Waals surface area contributed by atoms with Crippen molar-refractivity contribution in [3.8, 4) is 11.5 Å². The van der Waals surface area contributed by atoms with Crippen LogP contribution in [-0.2, 0) is 6.54 Å². The van der Waals surface area contributed by atoms with Crippen molar-refractivity contribution in [2.24, 2.45) is 0 Å². The highest BCUT2D eigenvalue weighted by atomic mass is 32.2. The van der Waals surface area contributed by atoms with Gasteiger partial charge in [0.15, 0.2) is 0 Å². The number of thioether (sulfide) groups is 1. The van der Waals surface area contributed by atoms with Crippen LogP contribution in [-0.4, -0.2) is 29.8 Å². The van der Waals surface area contributed by atoms with E-state index < -0.39 is 0 Å². The van der Waals surface area contributed by atoms with Gasteiger partial charge in [0.05, 0.1) is 7.11 Å². The van der Waals surface area contributed by atoms with Crippen molar-refractivity contribution in [2.45, 2.75) is 43.5 Å². The third kappa shape index (κ3) is 4.05. The summed E-state index contributed by atoms with van der Waals surface area (Å²) in [6, 6.07) is 5.94. The summed E-state index contributed by atoms with van der Waals surface area (Å²) >= 11 is 1.97. The van der Waals surface area contributed by atoms with E-state index in [4.69, 9.17) is 4.74 Å². The zero-order chi connectivity index (χ0) is 13.7. The Morgan fingerprint density at radius 1 is 1.42 bits per heavy atom. The lowest BCUT2D eigenvalue weighted by molar-refractivity contribution is 0.374. The first-order valence-electron chi connectivity index (χ1n) is 6.85. The molecule has 1 fully saturated rings. The van der Waals surface area contributed by atoms with E-state index in [0.29, 0.717) is 18.3 Å². The van der Waals surface area contributed by atoms with Crippen LogP contribution < -0.4 is 10.1 Å². The van der Waals surface area contributed by atoms with Crippen molar-refractivity contribution in [2.75, 3.05) is 13.4 Å². The van der Waals surface area contributed by atoms with Crippen LogP contribution in [0.3, 0.4) is 0 Å². The monoisotopic (exact) mass is 281 g/mol. The van der Waals surface area contributed by atoms with Gasteiger partial charge < -0.3 is 15.2 Å². The third-order valence-electron chi connectivity index (χ3n) is 3.83. The summed E-state index contributed by atoms with van der Waals surface area (Å²) in [6.07, 6.45) is 7.30. The molecule has 1 aromatic carbocycles. The minimum atomic E-state index is 0.338. The van der Waals surface area contributed by atoms with Gasteiger partial charge in [-0.2, -0.15) is 11.8 Å². The summed E-state index contributed by atoms with van der Waals surface area (Å²) in [4.78, 5) is 0. The first-order valence-corrected chi connectivity index (χ1v) is 8.13. The molecule has 1 saturated carbocycles. The molecule has 3 nitrogen and oxygen atoms in total. The van der Waals surface area contributed by atoms with Crippen molar-refractivity contribution in [1.29, 1.82) is 0 Å². The van der Waals surface area contributed by atoms with Gasteiger partial charge in [0.25, 0.3) is 0 Å². The number of methoxy groups -OCH3 is 1. The Kier molecular flexibility index (Phi) is 5.40. The number of ether oxygens (including phenoxy) is 1. The maximum absolute atomic E-state index is 9.86. The fourth-order valence-corrected chi connectivity index (χ4v) is 3.46. The van der Waals surface area contributed by atoms with Gasteiger partial charge >= 0.3 is 0 Å². The summed E-state index contributed by atoms with van der Waals surface area (Å²) in [7, 11) is 1.65. The first kappa shape index (κ1) is 14.5. The summed E-state index contributed by atoms with van der Waals surface area (Å²) in [6.45, 7) is 0.703. The van der Waals surface area contributed by atoms with Crippen molar-refractivity contribution in [3.63, 3.8) is 0 Å². The molecule has 0 aromatic heterocycles. The second-order valence-corrected chi connectivity index (χ2v) is 6.23. The second kappa shape index (κ2) is 7.06. The van der Waals surface area contributed by atoms with Crippen molar-refractivity contribution >= 4 is 11.8 Å². The zero-order valence-electron chi connectivity index (χ0n) is 11.7. The second-order valence-electron chi connectivity index (χ2n) is 5.10. The predicted octanol–water partition coefficient (Wildman–Crippen LogP) is 3.16. The van der Waals surface area contributed by atoms with Gasteiger partial charge in [-0.3, -0.25) is 0 Å². The van der Waals surface area contributed by atoms with E-state index in [1.54, 1.807) is 19.2 Å². The number of phenols is 1. The highest BCUT2D eigenvalue weighted by Gasteiger charge is 2.20. The molecule has 0 saturated heterocycles. The van der Waals surface area contributed by atoms with E-state index in [1.807, 2.05) is 17.8 Å². The molecule has 19 heavy (non-hydrogen) atoms. The Bertz CT molecular complexity index is 411. The van der Waals surface area contributed by atoms with E-state index in [-0.39, 0.29) is 0 Å². The molecule has 2 atom stereocenters. The number of benzene rings is 1. The Morgan fingerprint density at radius 3 is 3.00 bits per heavy atom. The normalized spacial score (nSPS) is 23.3. The zero-order valence-corrected chi connectivity index (χ0v) is 12.5. The van der Waals surface area contributed by atoms with Crippen LogP contribution in [0.2, 0.25) is 0 Å². The number of hydrogen-bond donors (Lipinski definition) is 2. The molecule has 0 amide bonds. The Labute approximate surface area is 119 Å². The minimum Gasteiger partial charge on any atom is -0.508 e. The SMILES string of the molecule is COc1ccc(O)c(CNC2CCCC(SC)C2)c1. The molecule has 1 aliphatic carbocycles. The smallest absolute Gasteiger partial charge is 0.120 e. The number of phenolic OH excluding ortho intramolecular Hbond substituents is 1. The van der Waals surface area contributed by atoms with Gasteiger partial charge in [-0.15, -0.1) is 0 Å². The summed E-state index contributed by atoms with van der Waals surface area (Å²) in [5, 5.41) is 14.2. The van der Waals surface area contributed by atoms with Crippen LogP contribution >= 0.6 is 11.8 Å². The topological polar surface area (TPSA) is 41.5 Å². The van der Waals surface area contributed by atoms with E-state index in [9.17, 15) is 5.11 Å². The van der Waals surface area contributed by atoms with Crippen LogP contribution in [0, 0.1) is 0 Å². The minimum absolute atomic E-state index is 0.338. The molecule has 2 N–H and O–H groups in total. The lowest BCUT2D eigenvalue weighted by atomic mass is 9.95. The van der Waals surface area contributed by atoms with E-state index in [2.05, 4.69) is 11.6 Å². The predicted molar refractivity (Wildman–Crippen MR) is 81.1 cm³/mol. The van der Waals surface area contributed by atoms with Gasteiger partial charge in [-0.05, 0) is 43.7 Å². The van der Waals surface area contributed by atoms with Gasteiger partial charge in [-0.1, -0.05) is 6.42 Å². The van der Waals surface area contributed by atoms with Gasteiger partial charge in [0.1, 0.15) is 11.5 Å². The average molecular weight is 281 g/mol. The molecule has 4 heteroatoms. The fourth-order valence-electron chi connectivity index (χ4n) is 2.63. The van der Waals surface area contributed by atoms with E-state index in [0.717, 1.165) is 16.6 Å². The molecule has 1 aliphatic rings. The molecular formula is C15H23NO2S. The number of aromatic hydroxyl groups is 1. The molecule has 0 heterocycles. The van der Waals surface area contributed by atoms with Crippen LogP contribution in [0.15, 0.2) is 18.2 Å². The molecule has 2 unspecified atom stereocenters.